The van der Waals surface area contributed by atoms with Gasteiger partial charge in [-0.15, -0.1) is 0 Å². The van der Waals surface area contributed by atoms with Crippen molar-refractivity contribution in [3.05, 3.63) is 0 Å². The maximum Gasteiger partial charge on any atom is 0.407 e. The molecule has 0 aromatic carbocycles. The fraction of sp³-hybridized carbons (Fsp3) is 0.909. The molecule has 1 atom stereocenters. The number of carbonyl (C=O) groups excluding carboxylic acids is 1. The van der Waals surface area contributed by atoms with Gasteiger partial charge in [-0.2, -0.15) is 0 Å². The molecule has 1 unspecified atom stereocenters. The van der Waals surface area contributed by atoms with Crippen molar-refractivity contribution in [2.75, 3.05) is 19.7 Å². The third-order valence-corrected chi connectivity index (χ3v) is 3.11. The van der Waals surface area contributed by atoms with E-state index in [1.807, 2.05) is 6.92 Å². The van der Waals surface area contributed by atoms with Crippen LogP contribution in [0.4, 0.5) is 4.79 Å². The molecule has 0 aromatic heterocycles. The van der Waals surface area contributed by atoms with Crippen molar-refractivity contribution in [2.24, 2.45) is 0 Å². The van der Waals surface area contributed by atoms with E-state index in [2.05, 4.69) is 10.2 Å². The predicted molar refractivity (Wildman–Crippen MR) is 57.8 cm³/mol. The first-order valence-electron chi connectivity index (χ1n) is 5.97. The second-order valence-electron chi connectivity index (χ2n) is 4.43. The number of hydrogen-bond acceptors (Lipinski definition) is 3. The first kappa shape index (κ1) is 10.7. The zero-order valence-corrected chi connectivity index (χ0v) is 9.37. The highest BCUT2D eigenvalue weighted by molar-refractivity contribution is 5.67. The lowest BCUT2D eigenvalue weighted by Gasteiger charge is -2.32. The minimum Gasteiger partial charge on any atom is -0.450 e. The third kappa shape index (κ3) is 3.09. The molecule has 2 fully saturated rings. The van der Waals surface area contributed by atoms with Crippen molar-refractivity contribution in [1.82, 2.24) is 10.2 Å². The molecule has 1 saturated carbocycles. The first-order valence-corrected chi connectivity index (χ1v) is 5.97. The monoisotopic (exact) mass is 212 g/mol. The maximum absolute atomic E-state index is 11.3. The molecule has 2 rings (SSSR count). The van der Waals surface area contributed by atoms with Gasteiger partial charge in [-0.25, -0.2) is 4.79 Å². The molecule has 1 amide bonds. The van der Waals surface area contributed by atoms with Crippen LogP contribution in [0, 0.1) is 0 Å². The number of hydrogen-bond donors (Lipinski definition) is 1. The van der Waals surface area contributed by atoms with E-state index in [-0.39, 0.29) is 6.09 Å². The van der Waals surface area contributed by atoms with Crippen LogP contribution in [0.25, 0.3) is 0 Å². The van der Waals surface area contributed by atoms with Crippen molar-refractivity contribution in [2.45, 2.75) is 44.7 Å². The van der Waals surface area contributed by atoms with E-state index < -0.39 is 0 Å². The molecular weight excluding hydrogens is 192 g/mol. The van der Waals surface area contributed by atoms with Crippen LogP contribution in [0.2, 0.25) is 0 Å². The Morgan fingerprint density at radius 3 is 2.93 bits per heavy atom. The van der Waals surface area contributed by atoms with E-state index in [9.17, 15) is 4.79 Å². The number of ether oxygens (including phenoxy) is 1. The molecule has 4 heteroatoms. The average molecular weight is 212 g/mol. The van der Waals surface area contributed by atoms with Crippen LogP contribution in [0.5, 0.6) is 0 Å². The fourth-order valence-corrected chi connectivity index (χ4v) is 2.23. The lowest BCUT2D eigenvalue weighted by Crippen LogP contribution is -2.48. The number of likely N-dealkylation sites (tertiary alicyclic amines) is 1. The van der Waals surface area contributed by atoms with Crippen LogP contribution in [-0.4, -0.2) is 42.8 Å². The molecule has 15 heavy (non-hydrogen) atoms. The van der Waals surface area contributed by atoms with E-state index in [0.29, 0.717) is 12.6 Å². The van der Waals surface area contributed by atoms with Crippen LogP contribution < -0.4 is 5.32 Å². The van der Waals surface area contributed by atoms with Gasteiger partial charge in [0.05, 0.1) is 6.61 Å². The summed E-state index contributed by atoms with van der Waals surface area (Å²) in [6, 6.07) is 1.09. The SMILES string of the molecule is CCOC(=O)NC1CCCN(C2CC2)C1. The van der Waals surface area contributed by atoms with E-state index in [1.54, 1.807) is 0 Å². The lowest BCUT2D eigenvalue weighted by atomic mass is 10.1. The number of amides is 1. The van der Waals surface area contributed by atoms with Gasteiger partial charge in [0.25, 0.3) is 0 Å². The minimum atomic E-state index is -0.264. The number of alkyl carbamates (subject to hydrolysis) is 1. The summed E-state index contributed by atoms with van der Waals surface area (Å²) in [5.41, 5.74) is 0. The van der Waals surface area contributed by atoms with Crippen molar-refractivity contribution in [3.63, 3.8) is 0 Å². The summed E-state index contributed by atoms with van der Waals surface area (Å²) in [5.74, 6) is 0. The summed E-state index contributed by atoms with van der Waals surface area (Å²) in [6.07, 6.45) is 4.69. The van der Waals surface area contributed by atoms with E-state index in [4.69, 9.17) is 4.74 Å². The zero-order chi connectivity index (χ0) is 10.7. The normalized spacial score (nSPS) is 27.4. The molecular formula is C11H20N2O2. The Labute approximate surface area is 91.0 Å². The van der Waals surface area contributed by atoms with Crippen LogP contribution >= 0.6 is 0 Å². The molecule has 2 aliphatic rings. The molecule has 1 aliphatic heterocycles. The number of nitrogens with zero attached hydrogens (tertiary/aromatic N) is 1. The van der Waals surface area contributed by atoms with Crippen molar-refractivity contribution < 1.29 is 9.53 Å². The van der Waals surface area contributed by atoms with E-state index in [1.165, 1.54) is 25.8 Å². The van der Waals surface area contributed by atoms with Crippen molar-refractivity contribution >= 4 is 6.09 Å². The summed E-state index contributed by atoms with van der Waals surface area (Å²) in [6.45, 7) is 4.48. The van der Waals surface area contributed by atoms with Gasteiger partial charge >= 0.3 is 6.09 Å². The Morgan fingerprint density at radius 1 is 1.47 bits per heavy atom. The number of nitrogens with one attached hydrogen (secondary N) is 1. The average Bonchev–Trinajstić information content (AvgIpc) is 3.01. The first-order chi connectivity index (χ1) is 7.29. The molecule has 86 valence electrons. The Bertz CT molecular complexity index is 229. The van der Waals surface area contributed by atoms with Gasteiger partial charge in [0, 0.05) is 18.6 Å². The van der Waals surface area contributed by atoms with Crippen molar-refractivity contribution in [1.29, 1.82) is 0 Å². The van der Waals surface area contributed by atoms with E-state index >= 15 is 0 Å². The van der Waals surface area contributed by atoms with Gasteiger partial charge in [0.2, 0.25) is 0 Å². The number of rotatable bonds is 3. The summed E-state index contributed by atoms with van der Waals surface area (Å²) >= 11 is 0. The highest BCUT2D eigenvalue weighted by Gasteiger charge is 2.32. The Hall–Kier alpha value is -0.770. The number of piperidine rings is 1. The molecule has 1 aliphatic carbocycles. The van der Waals surface area contributed by atoms with Gasteiger partial charge < -0.3 is 10.1 Å². The highest BCUT2D eigenvalue weighted by Crippen LogP contribution is 2.29. The summed E-state index contributed by atoms with van der Waals surface area (Å²) in [5, 5.41) is 2.93. The van der Waals surface area contributed by atoms with Crippen LogP contribution in [-0.2, 0) is 4.74 Å². The quantitative estimate of drug-likeness (QED) is 0.768. The zero-order valence-electron chi connectivity index (χ0n) is 9.37. The largest absolute Gasteiger partial charge is 0.450 e. The molecule has 0 radical (unpaired) electrons. The van der Waals surface area contributed by atoms with Crippen LogP contribution in [0.15, 0.2) is 0 Å². The Balaban J connectivity index is 1.74. The molecule has 0 bridgehead atoms. The summed E-state index contributed by atoms with van der Waals surface area (Å²) < 4.78 is 4.89. The van der Waals surface area contributed by atoms with Gasteiger partial charge in [-0.3, -0.25) is 4.90 Å². The summed E-state index contributed by atoms with van der Waals surface area (Å²) in [4.78, 5) is 13.8. The fourth-order valence-electron chi connectivity index (χ4n) is 2.23. The summed E-state index contributed by atoms with van der Waals surface area (Å²) in [7, 11) is 0. The maximum atomic E-state index is 11.3. The predicted octanol–water partition coefficient (Wildman–Crippen LogP) is 1.36. The molecule has 1 heterocycles. The standard InChI is InChI=1S/C11H20N2O2/c1-2-15-11(14)12-9-4-3-7-13(8-9)10-5-6-10/h9-10H,2-8H2,1H3,(H,12,14). The smallest absolute Gasteiger partial charge is 0.407 e. The van der Waals surface area contributed by atoms with Gasteiger partial charge in [-0.1, -0.05) is 0 Å². The minimum absolute atomic E-state index is 0.264. The topological polar surface area (TPSA) is 41.6 Å². The number of carbonyl (C=O) groups is 1. The van der Waals surface area contributed by atoms with E-state index in [0.717, 1.165) is 19.0 Å². The van der Waals surface area contributed by atoms with Crippen LogP contribution in [0.3, 0.4) is 0 Å². The molecule has 4 nitrogen and oxygen atoms in total. The Kier molecular flexibility index (Phi) is 3.46. The van der Waals surface area contributed by atoms with Gasteiger partial charge in [0.1, 0.15) is 0 Å². The Morgan fingerprint density at radius 2 is 2.27 bits per heavy atom. The lowest BCUT2D eigenvalue weighted by molar-refractivity contribution is 0.132. The van der Waals surface area contributed by atoms with Gasteiger partial charge in [-0.05, 0) is 39.2 Å². The third-order valence-electron chi connectivity index (χ3n) is 3.11. The molecule has 0 spiro atoms. The van der Waals surface area contributed by atoms with Crippen molar-refractivity contribution in [3.8, 4) is 0 Å². The molecule has 1 N–H and O–H groups in total. The second kappa shape index (κ2) is 4.84. The van der Waals surface area contributed by atoms with Gasteiger partial charge in [0.15, 0.2) is 0 Å². The molecule has 0 aromatic rings. The van der Waals surface area contributed by atoms with Crippen LogP contribution in [0.1, 0.15) is 32.6 Å². The second-order valence-corrected chi connectivity index (χ2v) is 4.43. The highest BCUT2D eigenvalue weighted by atomic mass is 16.5. The molecule has 1 saturated heterocycles.